The van der Waals surface area contributed by atoms with Gasteiger partial charge in [0, 0.05) is 26.1 Å². The molecule has 3 N–H and O–H groups in total. The highest BCUT2D eigenvalue weighted by molar-refractivity contribution is 5.91. The van der Waals surface area contributed by atoms with E-state index in [1.54, 1.807) is 12.1 Å². The van der Waals surface area contributed by atoms with Crippen molar-refractivity contribution in [3.05, 3.63) is 24.2 Å². The molecule has 2 amide bonds. The minimum absolute atomic E-state index is 0.0100. The normalized spacial score (nSPS) is 10.3. The minimum Gasteiger partial charge on any atom is -0.459 e. The van der Waals surface area contributed by atoms with E-state index >= 15 is 0 Å². The second kappa shape index (κ2) is 10.9. The van der Waals surface area contributed by atoms with Crippen molar-refractivity contribution < 1.29 is 23.8 Å². The SMILES string of the molecule is O=C(CCCNC(=O)c1ccco1)NCCCOCCO. The summed E-state index contributed by atoms with van der Waals surface area (Å²) in [6, 6.07) is 3.23. The summed E-state index contributed by atoms with van der Waals surface area (Å²) in [7, 11) is 0. The van der Waals surface area contributed by atoms with Gasteiger partial charge in [-0.25, -0.2) is 0 Å². The number of amides is 2. The molecule has 21 heavy (non-hydrogen) atoms. The summed E-state index contributed by atoms with van der Waals surface area (Å²) >= 11 is 0. The minimum atomic E-state index is -0.276. The zero-order chi connectivity index (χ0) is 15.3. The van der Waals surface area contributed by atoms with E-state index in [0.717, 1.165) is 0 Å². The van der Waals surface area contributed by atoms with Gasteiger partial charge in [0.1, 0.15) is 0 Å². The van der Waals surface area contributed by atoms with Crippen molar-refractivity contribution in [2.45, 2.75) is 19.3 Å². The standard InChI is InChI=1S/C14H22N2O5/c17-8-11-20-9-3-7-15-13(18)5-1-6-16-14(19)12-4-2-10-21-12/h2,4,10,17H,1,3,5-9,11H2,(H,15,18)(H,16,19). The Balaban J connectivity index is 1.95. The van der Waals surface area contributed by atoms with Crippen molar-refractivity contribution >= 4 is 11.8 Å². The van der Waals surface area contributed by atoms with Crippen LogP contribution >= 0.6 is 0 Å². The number of carbonyl (C=O) groups excluding carboxylic acids is 2. The number of ether oxygens (including phenoxy) is 1. The molecule has 0 bridgehead atoms. The van der Waals surface area contributed by atoms with Gasteiger partial charge in [0.25, 0.3) is 5.91 Å². The molecule has 7 nitrogen and oxygen atoms in total. The number of aliphatic hydroxyl groups excluding tert-OH is 1. The molecule has 1 aromatic rings. The number of rotatable bonds is 11. The lowest BCUT2D eigenvalue weighted by Crippen LogP contribution is -2.28. The average molecular weight is 298 g/mol. The molecule has 1 rings (SSSR count). The van der Waals surface area contributed by atoms with Crippen molar-refractivity contribution in [1.29, 1.82) is 0 Å². The summed E-state index contributed by atoms with van der Waals surface area (Å²) < 4.78 is 10.0. The molecule has 0 aliphatic heterocycles. The van der Waals surface area contributed by atoms with E-state index in [1.165, 1.54) is 6.26 Å². The van der Waals surface area contributed by atoms with Gasteiger partial charge in [0.05, 0.1) is 19.5 Å². The van der Waals surface area contributed by atoms with E-state index in [9.17, 15) is 9.59 Å². The first-order valence-corrected chi connectivity index (χ1v) is 7.01. The third-order valence-electron chi connectivity index (χ3n) is 2.63. The van der Waals surface area contributed by atoms with Crippen LogP contribution < -0.4 is 10.6 Å². The maximum Gasteiger partial charge on any atom is 0.286 e. The second-order valence-corrected chi connectivity index (χ2v) is 4.38. The zero-order valence-electron chi connectivity index (χ0n) is 12.0. The monoisotopic (exact) mass is 298 g/mol. The molecule has 0 saturated heterocycles. The number of carbonyl (C=O) groups is 2. The maximum atomic E-state index is 11.5. The molecule has 0 atom stereocenters. The van der Waals surface area contributed by atoms with Crippen LogP contribution in [0.5, 0.6) is 0 Å². The Morgan fingerprint density at radius 1 is 1.19 bits per heavy atom. The van der Waals surface area contributed by atoms with E-state index in [0.29, 0.717) is 45.6 Å². The first kappa shape index (κ1) is 17.2. The summed E-state index contributed by atoms with van der Waals surface area (Å²) in [5.74, 6) is -0.0619. The second-order valence-electron chi connectivity index (χ2n) is 4.38. The van der Waals surface area contributed by atoms with Gasteiger partial charge in [-0.1, -0.05) is 0 Å². The lowest BCUT2D eigenvalue weighted by atomic mass is 10.3. The number of furan rings is 1. The number of hydrogen-bond donors (Lipinski definition) is 3. The molecule has 0 spiro atoms. The fraction of sp³-hybridized carbons (Fsp3) is 0.571. The number of nitrogens with one attached hydrogen (secondary N) is 2. The summed E-state index contributed by atoms with van der Waals surface area (Å²) in [6.45, 7) is 1.81. The predicted octanol–water partition coefficient (Wildman–Crippen LogP) is 0.305. The maximum absolute atomic E-state index is 11.5. The van der Waals surface area contributed by atoms with Crippen LogP contribution in [0.3, 0.4) is 0 Å². The van der Waals surface area contributed by atoms with E-state index in [4.69, 9.17) is 14.3 Å². The van der Waals surface area contributed by atoms with Crippen LogP contribution in [0, 0.1) is 0 Å². The highest BCUT2D eigenvalue weighted by atomic mass is 16.5. The number of hydrogen-bond acceptors (Lipinski definition) is 5. The summed E-state index contributed by atoms with van der Waals surface area (Å²) in [5, 5.41) is 13.9. The van der Waals surface area contributed by atoms with Crippen molar-refractivity contribution in [3.63, 3.8) is 0 Å². The third-order valence-corrected chi connectivity index (χ3v) is 2.63. The molecule has 0 saturated carbocycles. The Kier molecular flexibility index (Phi) is 8.90. The van der Waals surface area contributed by atoms with Crippen LogP contribution in [0.25, 0.3) is 0 Å². The van der Waals surface area contributed by atoms with Crippen LogP contribution in [-0.4, -0.2) is 49.8 Å². The molecule has 118 valence electrons. The first-order valence-electron chi connectivity index (χ1n) is 7.01. The molecular formula is C14H22N2O5. The summed E-state index contributed by atoms with van der Waals surface area (Å²) in [4.78, 5) is 23.0. The number of aliphatic hydroxyl groups is 1. The smallest absolute Gasteiger partial charge is 0.286 e. The molecule has 0 fully saturated rings. The van der Waals surface area contributed by atoms with Crippen molar-refractivity contribution in [2.75, 3.05) is 32.9 Å². The van der Waals surface area contributed by atoms with Crippen molar-refractivity contribution in [1.82, 2.24) is 10.6 Å². The van der Waals surface area contributed by atoms with Crippen LogP contribution in [0.2, 0.25) is 0 Å². The first-order chi connectivity index (χ1) is 10.2. The highest BCUT2D eigenvalue weighted by Gasteiger charge is 2.07. The van der Waals surface area contributed by atoms with Gasteiger partial charge >= 0.3 is 0 Å². The molecule has 7 heteroatoms. The Labute approximate surface area is 123 Å². The molecule has 0 aliphatic rings. The van der Waals surface area contributed by atoms with Crippen molar-refractivity contribution in [2.24, 2.45) is 0 Å². The molecular weight excluding hydrogens is 276 g/mol. The largest absolute Gasteiger partial charge is 0.459 e. The molecule has 1 heterocycles. The van der Waals surface area contributed by atoms with Crippen LogP contribution in [-0.2, 0) is 9.53 Å². The Morgan fingerprint density at radius 3 is 2.71 bits per heavy atom. The third kappa shape index (κ3) is 8.11. The summed E-state index contributed by atoms with van der Waals surface area (Å²) in [6.07, 6.45) is 3.07. The quantitative estimate of drug-likeness (QED) is 0.510. The molecule has 0 radical (unpaired) electrons. The van der Waals surface area contributed by atoms with Gasteiger partial charge in [-0.15, -0.1) is 0 Å². The molecule has 0 unspecified atom stereocenters. The van der Waals surface area contributed by atoms with E-state index < -0.39 is 0 Å². The van der Waals surface area contributed by atoms with Gasteiger partial charge in [0.15, 0.2) is 5.76 Å². The summed E-state index contributed by atoms with van der Waals surface area (Å²) in [5.41, 5.74) is 0. The van der Waals surface area contributed by atoms with Gasteiger partial charge in [-0.05, 0) is 25.0 Å². The zero-order valence-corrected chi connectivity index (χ0v) is 12.0. The van der Waals surface area contributed by atoms with Crippen LogP contribution in [0.15, 0.2) is 22.8 Å². The topological polar surface area (TPSA) is 101 Å². The van der Waals surface area contributed by atoms with E-state index in [1.807, 2.05) is 0 Å². The average Bonchev–Trinajstić information content (AvgIpc) is 3.01. The Bertz CT molecular complexity index is 406. The van der Waals surface area contributed by atoms with E-state index in [2.05, 4.69) is 10.6 Å². The predicted molar refractivity (Wildman–Crippen MR) is 75.8 cm³/mol. The Morgan fingerprint density at radius 2 is 2.00 bits per heavy atom. The van der Waals surface area contributed by atoms with Gasteiger partial charge in [-0.3, -0.25) is 9.59 Å². The fourth-order valence-corrected chi connectivity index (χ4v) is 1.60. The lowest BCUT2D eigenvalue weighted by Gasteiger charge is -2.06. The highest BCUT2D eigenvalue weighted by Crippen LogP contribution is 1.99. The van der Waals surface area contributed by atoms with Crippen LogP contribution in [0.1, 0.15) is 29.8 Å². The Hall–Kier alpha value is -1.86. The molecule has 0 aliphatic carbocycles. The van der Waals surface area contributed by atoms with E-state index in [-0.39, 0.29) is 24.2 Å². The van der Waals surface area contributed by atoms with Gasteiger partial charge in [0.2, 0.25) is 5.91 Å². The molecule has 1 aromatic heterocycles. The molecule has 0 aromatic carbocycles. The lowest BCUT2D eigenvalue weighted by molar-refractivity contribution is -0.121. The van der Waals surface area contributed by atoms with Crippen molar-refractivity contribution in [3.8, 4) is 0 Å². The fourth-order valence-electron chi connectivity index (χ4n) is 1.60. The van der Waals surface area contributed by atoms with Gasteiger partial charge in [-0.2, -0.15) is 0 Å². The van der Waals surface area contributed by atoms with Gasteiger partial charge < -0.3 is 24.9 Å². The van der Waals surface area contributed by atoms with Crippen LogP contribution in [0.4, 0.5) is 0 Å².